The van der Waals surface area contributed by atoms with Gasteiger partial charge in [-0.3, -0.25) is 4.79 Å². The first-order valence-corrected chi connectivity index (χ1v) is 5.81. The van der Waals surface area contributed by atoms with Crippen LogP contribution >= 0.6 is 0 Å². The fraction of sp³-hybridized carbons (Fsp3) is 0.333. The van der Waals surface area contributed by atoms with Crippen LogP contribution in [0.3, 0.4) is 0 Å². The molecule has 2 rings (SSSR count). The van der Waals surface area contributed by atoms with E-state index in [4.69, 9.17) is 4.74 Å². The molecule has 1 aromatic carbocycles. The summed E-state index contributed by atoms with van der Waals surface area (Å²) in [5.74, 6) is 1.13. The highest BCUT2D eigenvalue weighted by molar-refractivity contribution is 5.78. The van der Waals surface area contributed by atoms with Crippen LogP contribution < -0.4 is 10.1 Å². The summed E-state index contributed by atoms with van der Waals surface area (Å²) in [5, 5.41) is 16.0. The third-order valence-corrected chi connectivity index (χ3v) is 2.67. The molecule has 0 saturated carbocycles. The number of tetrazole rings is 1. The fourth-order valence-electron chi connectivity index (χ4n) is 1.66. The average Bonchev–Trinajstić information content (AvgIpc) is 2.92. The Balaban J connectivity index is 1.91. The van der Waals surface area contributed by atoms with Crippen LogP contribution in [0.4, 0.5) is 0 Å². The molecule has 2 aromatic rings. The number of ether oxygens (including phenoxy) is 1. The second-order valence-electron chi connectivity index (χ2n) is 4.09. The molecular formula is C12H15N5O2. The van der Waals surface area contributed by atoms with E-state index in [9.17, 15) is 4.79 Å². The van der Waals surface area contributed by atoms with Gasteiger partial charge in [0.2, 0.25) is 5.91 Å². The van der Waals surface area contributed by atoms with Gasteiger partial charge in [-0.25, -0.2) is 0 Å². The van der Waals surface area contributed by atoms with E-state index in [-0.39, 0.29) is 18.9 Å². The van der Waals surface area contributed by atoms with E-state index < -0.39 is 0 Å². The number of nitrogens with one attached hydrogen (secondary N) is 2. The lowest BCUT2D eigenvalue weighted by atomic mass is 10.1. The number of aromatic nitrogens is 4. The lowest BCUT2D eigenvalue weighted by Crippen LogP contribution is -2.25. The maximum absolute atomic E-state index is 11.8. The van der Waals surface area contributed by atoms with Crippen LogP contribution in [-0.2, 0) is 17.8 Å². The number of carbonyl (C=O) groups is 1. The number of methoxy groups -OCH3 is 1. The number of hydrogen-bond donors (Lipinski definition) is 2. The van der Waals surface area contributed by atoms with Gasteiger partial charge in [0.15, 0.2) is 5.82 Å². The van der Waals surface area contributed by atoms with Gasteiger partial charge in [-0.05, 0) is 24.1 Å². The summed E-state index contributed by atoms with van der Waals surface area (Å²) in [5.41, 5.74) is 1.94. The normalized spacial score (nSPS) is 10.2. The number of hydrogen-bond acceptors (Lipinski definition) is 5. The van der Waals surface area contributed by atoms with Gasteiger partial charge in [0.05, 0.1) is 20.1 Å². The molecule has 0 aliphatic carbocycles. The van der Waals surface area contributed by atoms with Gasteiger partial charge in [-0.2, -0.15) is 5.21 Å². The lowest BCUT2D eigenvalue weighted by molar-refractivity contribution is -0.120. The Labute approximate surface area is 110 Å². The van der Waals surface area contributed by atoms with Gasteiger partial charge in [0.25, 0.3) is 0 Å². The first kappa shape index (κ1) is 13.0. The summed E-state index contributed by atoms with van der Waals surface area (Å²) in [6, 6.07) is 5.70. The molecule has 0 aliphatic rings. The number of benzene rings is 1. The second-order valence-corrected chi connectivity index (χ2v) is 4.09. The number of amides is 1. The summed E-state index contributed by atoms with van der Waals surface area (Å²) < 4.78 is 5.22. The highest BCUT2D eigenvalue weighted by Gasteiger charge is 2.07. The van der Waals surface area contributed by atoms with Crippen molar-refractivity contribution in [2.45, 2.75) is 19.9 Å². The third kappa shape index (κ3) is 3.51. The zero-order valence-electron chi connectivity index (χ0n) is 10.8. The van der Waals surface area contributed by atoms with E-state index >= 15 is 0 Å². The van der Waals surface area contributed by atoms with Gasteiger partial charge < -0.3 is 10.1 Å². The minimum absolute atomic E-state index is 0.101. The zero-order valence-corrected chi connectivity index (χ0v) is 10.8. The highest BCUT2D eigenvalue weighted by Crippen LogP contribution is 2.19. The Morgan fingerprint density at radius 2 is 2.32 bits per heavy atom. The van der Waals surface area contributed by atoms with Crippen molar-refractivity contribution in [1.29, 1.82) is 0 Å². The maximum atomic E-state index is 11.8. The van der Waals surface area contributed by atoms with Gasteiger partial charge in [0, 0.05) is 0 Å². The van der Waals surface area contributed by atoms with Crippen molar-refractivity contribution < 1.29 is 9.53 Å². The lowest BCUT2D eigenvalue weighted by Gasteiger charge is -2.07. The molecule has 1 amide bonds. The summed E-state index contributed by atoms with van der Waals surface area (Å²) >= 11 is 0. The second kappa shape index (κ2) is 5.94. The Bertz CT molecular complexity index is 553. The Morgan fingerprint density at radius 3 is 3.00 bits per heavy atom. The number of carbonyl (C=O) groups excluding carboxylic acids is 1. The van der Waals surface area contributed by atoms with Crippen molar-refractivity contribution in [2.24, 2.45) is 0 Å². The molecular weight excluding hydrogens is 246 g/mol. The molecule has 1 heterocycles. The number of aromatic amines is 1. The molecule has 1 aromatic heterocycles. The van der Waals surface area contributed by atoms with Crippen molar-refractivity contribution in [3.8, 4) is 5.75 Å². The van der Waals surface area contributed by atoms with Gasteiger partial charge in [-0.1, -0.05) is 17.3 Å². The monoisotopic (exact) mass is 261 g/mol. The van der Waals surface area contributed by atoms with E-state index in [2.05, 4.69) is 25.9 Å². The molecule has 0 fully saturated rings. The smallest absolute Gasteiger partial charge is 0.224 e. The third-order valence-electron chi connectivity index (χ3n) is 2.67. The summed E-state index contributed by atoms with van der Waals surface area (Å²) in [7, 11) is 1.61. The molecule has 0 saturated heterocycles. The topological polar surface area (TPSA) is 92.8 Å². The molecule has 0 atom stereocenters. The quantitative estimate of drug-likeness (QED) is 0.811. The zero-order chi connectivity index (χ0) is 13.7. The van der Waals surface area contributed by atoms with Gasteiger partial charge >= 0.3 is 0 Å². The molecule has 0 spiro atoms. The summed E-state index contributed by atoms with van der Waals surface area (Å²) in [6.07, 6.45) is 0.286. The minimum atomic E-state index is -0.101. The first-order chi connectivity index (χ1) is 9.19. The van der Waals surface area contributed by atoms with Crippen molar-refractivity contribution in [1.82, 2.24) is 25.9 Å². The molecule has 7 nitrogen and oxygen atoms in total. The van der Waals surface area contributed by atoms with E-state index in [0.717, 1.165) is 16.9 Å². The van der Waals surface area contributed by atoms with Gasteiger partial charge in [-0.15, -0.1) is 10.2 Å². The van der Waals surface area contributed by atoms with Crippen molar-refractivity contribution in [2.75, 3.05) is 7.11 Å². The van der Waals surface area contributed by atoms with Crippen LogP contribution in [-0.4, -0.2) is 33.6 Å². The highest BCUT2D eigenvalue weighted by atomic mass is 16.5. The molecule has 2 N–H and O–H groups in total. The maximum Gasteiger partial charge on any atom is 0.224 e. The average molecular weight is 261 g/mol. The van der Waals surface area contributed by atoms with E-state index in [1.165, 1.54) is 0 Å². The summed E-state index contributed by atoms with van der Waals surface area (Å²) in [6.45, 7) is 2.22. The minimum Gasteiger partial charge on any atom is -0.496 e. The Kier molecular flexibility index (Phi) is 4.07. The Morgan fingerprint density at radius 1 is 1.47 bits per heavy atom. The van der Waals surface area contributed by atoms with Crippen LogP contribution in [0.5, 0.6) is 5.75 Å². The molecule has 7 heteroatoms. The van der Waals surface area contributed by atoms with E-state index in [1.54, 1.807) is 7.11 Å². The number of nitrogens with zero attached hydrogens (tertiary/aromatic N) is 3. The first-order valence-electron chi connectivity index (χ1n) is 5.81. The predicted molar refractivity (Wildman–Crippen MR) is 67.5 cm³/mol. The van der Waals surface area contributed by atoms with Crippen molar-refractivity contribution >= 4 is 5.91 Å². The van der Waals surface area contributed by atoms with Crippen molar-refractivity contribution in [3.05, 3.63) is 35.2 Å². The molecule has 100 valence electrons. The number of aryl methyl sites for hydroxylation is 1. The largest absolute Gasteiger partial charge is 0.496 e. The van der Waals surface area contributed by atoms with Crippen LogP contribution in [0.2, 0.25) is 0 Å². The Hall–Kier alpha value is -2.44. The van der Waals surface area contributed by atoms with E-state index in [1.807, 2.05) is 25.1 Å². The number of rotatable bonds is 5. The molecule has 0 aliphatic heterocycles. The van der Waals surface area contributed by atoms with Crippen LogP contribution in [0.15, 0.2) is 18.2 Å². The van der Waals surface area contributed by atoms with Crippen LogP contribution in [0.1, 0.15) is 17.0 Å². The van der Waals surface area contributed by atoms with Crippen LogP contribution in [0, 0.1) is 6.92 Å². The summed E-state index contributed by atoms with van der Waals surface area (Å²) in [4.78, 5) is 11.8. The molecule has 0 unspecified atom stereocenters. The molecule has 19 heavy (non-hydrogen) atoms. The van der Waals surface area contributed by atoms with Crippen molar-refractivity contribution in [3.63, 3.8) is 0 Å². The number of H-pyrrole nitrogens is 1. The van der Waals surface area contributed by atoms with Crippen LogP contribution in [0.25, 0.3) is 0 Å². The fourth-order valence-corrected chi connectivity index (χ4v) is 1.66. The standard InChI is InChI=1S/C12H15N5O2/c1-8-3-4-9(5-10(8)19-2)6-12(18)13-7-11-14-16-17-15-11/h3-5H,6-7H2,1-2H3,(H,13,18)(H,14,15,16,17). The van der Waals surface area contributed by atoms with Gasteiger partial charge in [0.1, 0.15) is 5.75 Å². The van der Waals surface area contributed by atoms with E-state index in [0.29, 0.717) is 5.82 Å². The SMILES string of the molecule is COc1cc(CC(=O)NCc2nn[nH]n2)ccc1C. The molecule has 0 bridgehead atoms. The predicted octanol–water partition coefficient (Wildman–Crippen LogP) is 0.376. The molecule has 0 radical (unpaired) electrons.